The highest BCUT2D eigenvalue weighted by molar-refractivity contribution is 5.71. The number of aromatic nitrogens is 2. The molecule has 0 aliphatic carbocycles. The molecule has 2 aromatic rings. The minimum absolute atomic E-state index is 0.129. The number of ether oxygens (including phenoxy) is 2. The van der Waals surface area contributed by atoms with Crippen molar-refractivity contribution in [2.75, 3.05) is 14.2 Å². The summed E-state index contributed by atoms with van der Waals surface area (Å²) in [6.45, 7) is 0.167. The van der Waals surface area contributed by atoms with Crippen molar-refractivity contribution in [2.45, 2.75) is 6.54 Å². The highest BCUT2D eigenvalue weighted by Crippen LogP contribution is 2.33. The van der Waals surface area contributed by atoms with Gasteiger partial charge >= 0.3 is 0 Å². The minimum Gasteiger partial charge on any atom is -0.497 e. The Balaban J connectivity index is 2.65. The van der Waals surface area contributed by atoms with Gasteiger partial charge < -0.3 is 15.2 Å². The molecule has 0 aliphatic rings. The molecule has 0 bridgehead atoms. The molecule has 0 radical (unpaired) electrons. The second kappa shape index (κ2) is 5.19. The van der Waals surface area contributed by atoms with Crippen LogP contribution >= 0.6 is 0 Å². The van der Waals surface area contributed by atoms with Crippen LogP contribution in [0.5, 0.6) is 11.5 Å². The second-order valence-electron chi connectivity index (χ2n) is 4.10. The summed E-state index contributed by atoms with van der Waals surface area (Å²) in [5, 5.41) is 3.00. The summed E-state index contributed by atoms with van der Waals surface area (Å²) in [6, 6.07) is 5.41. The highest BCUT2D eigenvalue weighted by Gasteiger charge is 2.16. The number of hydrogen-bond acceptors (Lipinski definition) is 4. The Morgan fingerprint density at radius 2 is 2.05 bits per heavy atom. The molecule has 0 fully saturated rings. The third kappa shape index (κ3) is 2.22. The number of H-pyrrole nitrogens is 1. The zero-order chi connectivity index (χ0) is 14.0. The first-order chi connectivity index (χ1) is 9.12. The average Bonchev–Trinajstić information content (AvgIpc) is 2.73. The monoisotopic (exact) mass is 263 g/mol. The second-order valence-corrected chi connectivity index (χ2v) is 4.10. The van der Waals surface area contributed by atoms with E-state index in [1.165, 1.54) is 4.68 Å². The number of rotatable bonds is 4. The van der Waals surface area contributed by atoms with Gasteiger partial charge in [-0.05, 0) is 12.1 Å². The van der Waals surface area contributed by atoms with Crippen molar-refractivity contribution >= 4 is 0 Å². The van der Waals surface area contributed by atoms with E-state index in [2.05, 4.69) is 5.10 Å². The van der Waals surface area contributed by atoms with Crippen LogP contribution in [0.1, 0.15) is 5.56 Å². The van der Waals surface area contributed by atoms with Gasteiger partial charge in [0.25, 0.3) is 5.56 Å². The minimum atomic E-state index is -0.129. The maximum atomic E-state index is 11.9. The van der Waals surface area contributed by atoms with Crippen molar-refractivity contribution in [3.63, 3.8) is 0 Å². The topological polar surface area (TPSA) is 82.3 Å². The number of nitrogens with zero attached hydrogens (tertiary/aromatic N) is 1. The Morgan fingerprint density at radius 3 is 2.63 bits per heavy atom. The van der Waals surface area contributed by atoms with Gasteiger partial charge in [0.15, 0.2) is 0 Å². The number of aromatic amines is 1. The van der Waals surface area contributed by atoms with E-state index in [0.29, 0.717) is 22.8 Å². The van der Waals surface area contributed by atoms with E-state index in [4.69, 9.17) is 15.2 Å². The molecule has 6 nitrogen and oxygen atoms in total. The molecule has 3 N–H and O–H groups in total. The van der Waals surface area contributed by atoms with Crippen molar-refractivity contribution in [1.82, 2.24) is 9.78 Å². The molecule has 1 aromatic heterocycles. The van der Waals surface area contributed by atoms with E-state index in [-0.39, 0.29) is 12.1 Å². The number of nitrogens with one attached hydrogen (secondary N) is 1. The first-order valence-electron chi connectivity index (χ1n) is 5.82. The fourth-order valence-electron chi connectivity index (χ4n) is 2.01. The lowest BCUT2D eigenvalue weighted by Crippen LogP contribution is -2.17. The zero-order valence-electron chi connectivity index (χ0n) is 11.2. The van der Waals surface area contributed by atoms with E-state index in [9.17, 15) is 4.79 Å². The Kier molecular flexibility index (Phi) is 3.62. The van der Waals surface area contributed by atoms with E-state index >= 15 is 0 Å². The molecule has 0 aliphatic heterocycles. The Morgan fingerprint density at radius 1 is 1.32 bits per heavy atom. The van der Waals surface area contributed by atoms with Crippen LogP contribution in [-0.2, 0) is 13.6 Å². The van der Waals surface area contributed by atoms with Crippen LogP contribution in [0.15, 0.2) is 23.0 Å². The van der Waals surface area contributed by atoms with Crippen LogP contribution in [0.4, 0.5) is 0 Å². The molecule has 1 aromatic carbocycles. The van der Waals surface area contributed by atoms with Crippen molar-refractivity contribution in [3.8, 4) is 22.8 Å². The van der Waals surface area contributed by atoms with Gasteiger partial charge in [0.2, 0.25) is 0 Å². The van der Waals surface area contributed by atoms with Crippen molar-refractivity contribution in [1.29, 1.82) is 0 Å². The quantitative estimate of drug-likeness (QED) is 0.857. The first kappa shape index (κ1) is 13.2. The number of nitrogens with two attached hydrogens (primary N) is 1. The van der Waals surface area contributed by atoms with Crippen LogP contribution in [0.3, 0.4) is 0 Å². The predicted molar refractivity (Wildman–Crippen MR) is 72.5 cm³/mol. The summed E-state index contributed by atoms with van der Waals surface area (Å²) in [5.41, 5.74) is 7.51. The summed E-state index contributed by atoms with van der Waals surface area (Å²) < 4.78 is 11.9. The lowest BCUT2D eigenvalue weighted by Gasteiger charge is -2.10. The fraction of sp³-hybridized carbons (Fsp3) is 0.308. The van der Waals surface area contributed by atoms with Crippen LogP contribution in [-0.4, -0.2) is 24.0 Å². The third-order valence-corrected chi connectivity index (χ3v) is 3.03. The van der Waals surface area contributed by atoms with E-state index in [1.807, 2.05) is 12.1 Å². The number of methoxy groups -OCH3 is 2. The Labute approximate surface area is 110 Å². The van der Waals surface area contributed by atoms with E-state index in [1.54, 1.807) is 27.3 Å². The number of aryl methyl sites for hydroxylation is 1. The summed E-state index contributed by atoms with van der Waals surface area (Å²) in [4.78, 5) is 11.9. The zero-order valence-corrected chi connectivity index (χ0v) is 11.2. The summed E-state index contributed by atoms with van der Waals surface area (Å²) >= 11 is 0. The van der Waals surface area contributed by atoms with Crippen molar-refractivity contribution in [3.05, 3.63) is 34.1 Å². The molecule has 0 amide bonds. The van der Waals surface area contributed by atoms with Gasteiger partial charge in [-0.3, -0.25) is 14.6 Å². The molecule has 0 atom stereocenters. The standard InChI is InChI=1S/C13H17N3O3/c1-16-13(17)10(7-14)12(15-16)9-5-4-8(18-2)6-11(9)19-3/h4-6,15H,7,14H2,1-3H3. The van der Waals surface area contributed by atoms with Crippen LogP contribution in [0, 0.1) is 0 Å². The molecule has 102 valence electrons. The average molecular weight is 263 g/mol. The summed E-state index contributed by atoms with van der Waals surface area (Å²) in [6.07, 6.45) is 0. The van der Waals surface area contributed by atoms with Gasteiger partial charge in [0, 0.05) is 25.2 Å². The summed E-state index contributed by atoms with van der Waals surface area (Å²) in [7, 11) is 4.81. The van der Waals surface area contributed by atoms with Crippen molar-refractivity contribution < 1.29 is 9.47 Å². The molecule has 0 spiro atoms. The highest BCUT2D eigenvalue weighted by atomic mass is 16.5. The van der Waals surface area contributed by atoms with Gasteiger partial charge in [-0.25, -0.2) is 0 Å². The van der Waals surface area contributed by atoms with Gasteiger partial charge in [-0.2, -0.15) is 0 Å². The molecule has 0 unspecified atom stereocenters. The van der Waals surface area contributed by atoms with Gasteiger partial charge in [-0.1, -0.05) is 0 Å². The van der Waals surface area contributed by atoms with Gasteiger partial charge in [0.1, 0.15) is 11.5 Å². The van der Waals surface area contributed by atoms with E-state index < -0.39 is 0 Å². The molecule has 2 rings (SSSR count). The normalized spacial score (nSPS) is 10.5. The fourth-order valence-corrected chi connectivity index (χ4v) is 2.01. The van der Waals surface area contributed by atoms with Crippen LogP contribution in [0.2, 0.25) is 0 Å². The first-order valence-corrected chi connectivity index (χ1v) is 5.82. The number of hydrogen-bond donors (Lipinski definition) is 2. The Bertz CT molecular complexity index is 643. The SMILES string of the molecule is COc1ccc(-c2[nH]n(C)c(=O)c2CN)c(OC)c1. The molecule has 6 heteroatoms. The van der Waals surface area contributed by atoms with Crippen molar-refractivity contribution in [2.24, 2.45) is 12.8 Å². The molecular formula is C13H17N3O3. The Hall–Kier alpha value is -2.21. The summed E-state index contributed by atoms with van der Waals surface area (Å²) in [5.74, 6) is 1.31. The molecule has 19 heavy (non-hydrogen) atoms. The maximum absolute atomic E-state index is 11.9. The van der Waals surface area contributed by atoms with Gasteiger partial charge in [-0.15, -0.1) is 0 Å². The van der Waals surface area contributed by atoms with E-state index in [0.717, 1.165) is 5.56 Å². The lowest BCUT2D eigenvalue weighted by molar-refractivity contribution is 0.395. The molecular weight excluding hydrogens is 246 g/mol. The lowest BCUT2D eigenvalue weighted by atomic mass is 10.1. The van der Waals surface area contributed by atoms with Crippen LogP contribution in [0.25, 0.3) is 11.3 Å². The number of benzene rings is 1. The molecule has 1 heterocycles. The smallest absolute Gasteiger partial charge is 0.271 e. The largest absolute Gasteiger partial charge is 0.497 e. The predicted octanol–water partition coefficient (Wildman–Crippen LogP) is 0.856. The van der Waals surface area contributed by atoms with Gasteiger partial charge in [0.05, 0.1) is 25.5 Å². The molecule has 0 saturated heterocycles. The third-order valence-electron chi connectivity index (χ3n) is 3.03. The maximum Gasteiger partial charge on any atom is 0.271 e. The van der Waals surface area contributed by atoms with Crippen LogP contribution < -0.4 is 20.8 Å². The molecule has 0 saturated carbocycles.